The van der Waals surface area contributed by atoms with Crippen molar-refractivity contribution < 1.29 is 19.4 Å². The summed E-state index contributed by atoms with van der Waals surface area (Å²) in [5.41, 5.74) is 1.01. The first-order chi connectivity index (χ1) is 10.2. The molecule has 114 valence electrons. The summed E-state index contributed by atoms with van der Waals surface area (Å²) >= 11 is 0. The van der Waals surface area contributed by atoms with Gasteiger partial charge in [0.05, 0.1) is 12.1 Å². The van der Waals surface area contributed by atoms with Crippen LogP contribution in [0.4, 0.5) is 0 Å². The van der Waals surface area contributed by atoms with Crippen molar-refractivity contribution in [2.45, 2.75) is 32.0 Å². The number of aliphatic hydroxyl groups is 1. The van der Waals surface area contributed by atoms with Crippen LogP contribution >= 0.6 is 0 Å². The van der Waals surface area contributed by atoms with Gasteiger partial charge in [0, 0.05) is 19.6 Å². The van der Waals surface area contributed by atoms with Crippen molar-refractivity contribution in [3.05, 3.63) is 23.8 Å². The molecule has 2 N–H and O–H groups in total. The molecule has 1 amide bonds. The van der Waals surface area contributed by atoms with Gasteiger partial charge >= 0.3 is 0 Å². The van der Waals surface area contributed by atoms with Crippen molar-refractivity contribution >= 4 is 5.91 Å². The van der Waals surface area contributed by atoms with E-state index in [9.17, 15) is 9.90 Å². The van der Waals surface area contributed by atoms with Gasteiger partial charge in [0.15, 0.2) is 11.5 Å². The second-order valence-corrected chi connectivity index (χ2v) is 5.39. The second-order valence-electron chi connectivity index (χ2n) is 5.39. The third kappa shape index (κ3) is 2.96. The number of carbonyl (C=O) groups excluding carboxylic acids is 1. The van der Waals surface area contributed by atoms with Gasteiger partial charge in [-0.1, -0.05) is 6.07 Å². The van der Waals surface area contributed by atoms with Crippen LogP contribution in [0.5, 0.6) is 11.5 Å². The fourth-order valence-electron chi connectivity index (χ4n) is 2.73. The van der Waals surface area contributed by atoms with Crippen molar-refractivity contribution in [1.82, 2.24) is 10.2 Å². The number of fused-ring (bicyclic) bond motifs is 1. The third-order valence-corrected chi connectivity index (χ3v) is 3.91. The van der Waals surface area contributed by atoms with Gasteiger partial charge in [0.1, 0.15) is 0 Å². The zero-order valence-corrected chi connectivity index (χ0v) is 12.0. The van der Waals surface area contributed by atoms with Crippen LogP contribution in [-0.4, -0.2) is 47.9 Å². The molecule has 1 saturated heterocycles. The molecule has 21 heavy (non-hydrogen) atoms. The fraction of sp³-hybridized carbons (Fsp3) is 0.533. The Hall–Kier alpha value is -1.79. The first-order valence-electron chi connectivity index (χ1n) is 7.26. The summed E-state index contributed by atoms with van der Waals surface area (Å²) in [6.45, 7) is 3.84. The minimum absolute atomic E-state index is 0.0340. The van der Waals surface area contributed by atoms with Gasteiger partial charge in [-0.05, 0) is 31.0 Å². The van der Waals surface area contributed by atoms with E-state index in [4.69, 9.17) is 9.47 Å². The number of ether oxygens (including phenoxy) is 2. The van der Waals surface area contributed by atoms with Crippen LogP contribution in [0.2, 0.25) is 0 Å². The lowest BCUT2D eigenvalue weighted by molar-refractivity contribution is -0.133. The van der Waals surface area contributed by atoms with Crippen molar-refractivity contribution in [3.8, 4) is 11.5 Å². The number of hydrogen-bond acceptors (Lipinski definition) is 5. The van der Waals surface area contributed by atoms with Gasteiger partial charge in [-0.15, -0.1) is 0 Å². The molecule has 0 aliphatic carbocycles. The first kappa shape index (κ1) is 14.2. The minimum atomic E-state index is -0.428. The molecule has 2 aliphatic heterocycles. The molecule has 0 bridgehead atoms. The van der Waals surface area contributed by atoms with Gasteiger partial charge in [-0.25, -0.2) is 0 Å². The molecule has 0 saturated carbocycles. The first-order valence-corrected chi connectivity index (χ1v) is 7.26. The highest BCUT2D eigenvalue weighted by atomic mass is 16.7. The number of benzene rings is 1. The highest BCUT2D eigenvalue weighted by Gasteiger charge is 2.31. The molecule has 0 spiro atoms. The average molecular weight is 292 g/mol. The summed E-state index contributed by atoms with van der Waals surface area (Å²) in [5, 5.41) is 12.6. The number of aliphatic hydroxyl groups excluding tert-OH is 1. The lowest BCUT2D eigenvalue weighted by atomic mass is 10.1. The molecular formula is C15H20N2O4. The standard InChI is InChI=1S/C15H20N2O4/c1-2-17(15(19)12-6-11(18)7-16-12)8-10-3-4-13-14(5-10)21-9-20-13/h3-5,11-12,16,18H,2,6-9H2,1H3/t11-,12+/m1/s1. The van der Waals surface area contributed by atoms with Crippen LogP contribution in [-0.2, 0) is 11.3 Å². The monoisotopic (exact) mass is 292 g/mol. The van der Waals surface area contributed by atoms with E-state index in [2.05, 4.69) is 5.32 Å². The van der Waals surface area contributed by atoms with Crippen LogP contribution in [0.15, 0.2) is 18.2 Å². The molecule has 3 rings (SSSR count). The summed E-state index contributed by atoms with van der Waals surface area (Å²) in [6, 6.07) is 5.44. The highest BCUT2D eigenvalue weighted by Crippen LogP contribution is 2.32. The Morgan fingerprint density at radius 2 is 2.24 bits per heavy atom. The molecule has 2 atom stereocenters. The maximum atomic E-state index is 12.5. The topological polar surface area (TPSA) is 71.0 Å². The van der Waals surface area contributed by atoms with Crippen LogP contribution < -0.4 is 14.8 Å². The van der Waals surface area contributed by atoms with E-state index in [0.29, 0.717) is 26.1 Å². The summed E-state index contributed by atoms with van der Waals surface area (Å²) in [5.74, 6) is 1.51. The Labute approximate surface area is 123 Å². The van der Waals surface area contributed by atoms with Crippen LogP contribution in [0.3, 0.4) is 0 Å². The highest BCUT2D eigenvalue weighted by molar-refractivity contribution is 5.82. The molecule has 6 heteroatoms. The zero-order chi connectivity index (χ0) is 14.8. The largest absolute Gasteiger partial charge is 0.454 e. The molecule has 1 fully saturated rings. The molecule has 0 aromatic heterocycles. The number of nitrogens with one attached hydrogen (secondary N) is 1. The number of rotatable bonds is 4. The molecule has 0 unspecified atom stereocenters. The molecule has 6 nitrogen and oxygen atoms in total. The quantitative estimate of drug-likeness (QED) is 0.845. The predicted molar refractivity (Wildman–Crippen MR) is 76.1 cm³/mol. The molecule has 1 aromatic carbocycles. The van der Waals surface area contributed by atoms with E-state index in [1.807, 2.05) is 25.1 Å². The number of likely N-dealkylation sites (N-methyl/N-ethyl adjacent to an activating group) is 1. The van der Waals surface area contributed by atoms with E-state index < -0.39 is 6.10 Å². The predicted octanol–water partition coefficient (Wildman–Crippen LogP) is 0.487. The van der Waals surface area contributed by atoms with Gasteiger partial charge < -0.3 is 24.8 Å². The Morgan fingerprint density at radius 3 is 2.95 bits per heavy atom. The second kappa shape index (κ2) is 5.91. The normalized spacial score (nSPS) is 23.3. The zero-order valence-electron chi connectivity index (χ0n) is 12.0. The lowest BCUT2D eigenvalue weighted by Crippen LogP contribution is -2.43. The van der Waals surface area contributed by atoms with E-state index in [-0.39, 0.29) is 18.7 Å². The van der Waals surface area contributed by atoms with Gasteiger partial charge in [-0.2, -0.15) is 0 Å². The van der Waals surface area contributed by atoms with E-state index in [1.54, 1.807) is 4.90 Å². The lowest BCUT2D eigenvalue weighted by Gasteiger charge is -2.24. The minimum Gasteiger partial charge on any atom is -0.454 e. The van der Waals surface area contributed by atoms with Crippen LogP contribution in [0, 0.1) is 0 Å². The summed E-state index contributed by atoms with van der Waals surface area (Å²) in [7, 11) is 0. The van der Waals surface area contributed by atoms with Crippen molar-refractivity contribution in [1.29, 1.82) is 0 Å². The number of hydrogen-bond donors (Lipinski definition) is 2. The smallest absolute Gasteiger partial charge is 0.240 e. The van der Waals surface area contributed by atoms with E-state index in [1.165, 1.54) is 0 Å². The Bertz CT molecular complexity index is 534. The maximum absolute atomic E-state index is 12.5. The number of carbonyl (C=O) groups is 1. The Kier molecular flexibility index (Phi) is 3.98. The van der Waals surface area contributed by atoms with Crippen LogP contribution in [0.1, 0.15) is 18.9 Å². The number of β-amino-alcohol motifs (C(OH)–C–C–N with tert-alkyl or cyclic N) is 1. The van der Waals surface area contributed by atoms with Gasteiger partial charge in [-0.3, -0.25) is 4.79 Å². The van der Waals surface area contributed by atoms with Crippen molar-refractivity contribution in [2.24, 2.45) is 0 Å². The van der Waals surface area contributed by atoms with Crippen molar-refractivity contribution in [2.75, 3.05) is 19.9 Å². The Morgan fingerprint density at radius 1 is 1.43 bits per heavy atom. The third-order valence-electron chi connectivity index (χ3n) is 3.91. The summed E-state index contributed by atoms with van der Waals surface area (Å²) in [4.78, 5) is 14.2. The SMILES string of the molecule is CCN(Cc1ccc2c(c1)OCO2)C(=O)[C@@H]1C[C@@H](O)CN1. The van der Waals surface area contributed by atoms with E-state index >= 15 is 0 Å². The molecule has 0 radical (unpaired) electrons. The molecule has 1 aromatic rings. The van der Waals surface area contributed by atoms with Gasteiger partial charge in [0.25, 0.3) is 0 Å². The molecule has 2 aliphatic rings. The molecule has 2 heterocycles. The Balaban J connectivity index is 1.68. The fourth-order valence-corrected chi connectivity index (χ4v) is 2.73. The molecular weight excluding hydrogens is 272 g/mol. The maximum Gasteiger partial charge on any atom is 0.240 e. The number of nitrogens with zero attached hydrogens (tertiary/aromatic N) is 1. The average Bonchev–Trinajstić information content (AvgIpc) is 3.12. The van der Waals surface area contributed by atoms with E-state index in [0.717, 1.165) is 17.1 Å². The summed E-state index contributed by atoms with van der Waals surface area (Å²) < 4.78 is 10.6. The van der Waals surface area contributed by atoms with Gasteiger partial charge in [0.2, 0.25) is 12.7 Å². The van der Waals surface area contributed by atoms with Crippen molar-refractivity contribution in [3.63, 3.8) is 0 Å². The van der Waals surface area contributed by atoms with Crippen LogP contribution in [0.25, 0.3) is 0 Å². The number of amides is 1. The summed E-state index contributed by atoms with van der Waals surface area (Å²) in [6.07, 6.45) is 0.0550.